The molecule has 1 amide bonds. The van der Waals surface area contributed by atoms with E-state index in [2.05, 4.69) is 5.32 Å². The molecule has 2 rings (SSSR count). The topological polar surface area (TPSA) is 69.6 Å². The van der Waals surface area contributed by atoms with Gasteiger partial charge in [0.25, 0.3) is 0 Å². The van der Waals surface area contributed by atoms with E-state index in [1.54, 1.807) is 0 Å². The third kappa shape index (κ3) is 4.78. The lowest BCUT2D eigenvalue weighted by Crippen LogP contribution is -2.45. The number of carbonyl (C=O) groups excluding carboxylic acids is 1. The van der Waals surface area contributed by atoms with Crippen molar-refractivity contribution in [1.82, 2.24) is 10.2 Å². The number of nitrogens with one attached hydrogen (secondary N) is 1. The van der Waals surface area contributed by atoms with Gasteiger partial charge in [-0.05, 0) is 38.0 Å². The molecule has 1 atom stereocenters. The summed E-state index contributed by atoms with van der Waals surface area (Å²) < 4.78 is 0. The molecule has 0 bridgehead atoms. The Balaban J connectivity index is 1.70. The van der Waals surface area contributed by atoms with Crippen molar-refractivity contribution in [3.05, 3.63) is 0 Å². The molecule has 114 valence electrons. The summed E-state index contributed by atoms with van der Waals surface area (Å²) >= 11 is 0. The van der Waals surface area contributed by atoms with Crippen LogP contribution in [0.3, 0.4) is 0 Å². The first-order chi connectivity index (χ1) is 9.65. The van der Waals surface area contributed by atoms with Gasteiger partial charge in [0.05, 0.1) is 6.54 Å². The van der Waals surface area contributed by atoms with Gasteiger partial charge in [0, 0.05) is 25.6 Å². The van der Waals surface area contributed by atoms with Gasteiger partial charge in [-0.3, -0.25) is 9.59 Å². The molecule has 20 heavy (non-hydrogen) atoms. The molecule has 1 saturated heterocycles. The number of carboxylic acid groups (broad SMARTS) is 1. The highest BCUT2D eigenvalue weighted by Crippen LogP contribution is 2.21. The zero-order valence-corrected chi connectivity index (χ0v) is 12.1. The molecule has 1 unspecified atom stereocenters. The van der Waals surface area contributed by atoms with E-state index in [1.807, 2.05) is 4.90 Å². The lowest BCUT2D eigenvalue weighted by molar-refractivity contribution is -0.137. The number of aliphatic carboxylic acids is 1. The Hall–Kier alpha value is -1.10. The summed E-state index contributed by atoms with van der Waals surface area (Å²) in [5.74, 6) is -0.205. The van der Waals surface area contributed by atoms with Crippen LogP contribution in [0, 0.1) is 5.92 Å². The highest BCUT2D eigenvalue weighted by atomic mass is 16.4. The number of hydrogen-bond acceptors (Lipinski definition) is 3. The Kier molecular flexibility index (Phi) is 5.83. The van der Waals surface area contributed by atoms with Crippen molar-refractivity contribution in [3.63, 3.8) is 0 Å². The van der Waals surface area contributed by atoms with Crippen molar-refractivity contribution < 1.29 is 14.7 Å². The van der Waals surface area contributed by atoms with Gasteiger partial charge in [-0.25, -0.2) is 0 Å². The largest absolute Gasteiger partial charge is 0.481 e. The predicted molar refractivity (Wildman–Crippen MR) is 76.4 cm³/mol. The van der Waals surface area contributed by atoms with E-state index >= 15 is 0 Å². The molecule has 5 heteroatoms. The fraction of sp³-hybridized carbons (Fsp3) is 0.867. The molecule has 1 aliphatic heterocycles. The van der Waals surface area contributed by atoms with Crippen LogP contribution in [0.1, 0.15) is 51.4 Å². The van der Waals surface area contributed by atoms with Gasteiger partial charge in [0.2, 0.25) is 5.91 Å². The minimum absolute atomic E-state index is 0.178. The van der Waals surface area contributed by atoms with E-state index in [0.29, 0.717) is 24.9 Å². The predicted octanol–water partition coefficient (Wildman–Crippen LogP) is 1.62. The summed E-state index contributed by atoms with van der Waals surface area (Å²) in [6, 6.07) is 0.520. The molecule has 1 aliphatic carbocycles. The van der Waals surface area contributed by atoms with Crippen LogP contribution in [0.25, 0.3) is 0 Å². The number of hydrogen-bond donors (Lipinski definition) is 2. The van der Waals surface area contributed by atoms with Crippen LogP contribution in [-0.2, 0) is 9.59 Å². The number of piperidine rings is 1. The fourth-order valence-corrected chi connectivity index (χ4v) is 3.33. The number of carboxylic acids is 1. The van der Waals surface area contributed by atoms with Gasteiger partial charge in [-0.15, -0.1) is 0 Å². The SMILES string of the molecule is O=C(O)CCC1CCCN(C(=O)CNC2CCCC2)C1. The van der Waals surface area contributed by atoms with E-state index in [-0.39, 0.29) is 12.3 Å². The average molecular weight is 282 g/mol. The maximum Gasteiger partial charge on any atom is 0.303 e. The first-order valence-electron chi connectivity index (χ1n) is 7.88. The fourth-order valence-electron chi connectivity index (χ4n) is 3.33. The van der Waals surface area contributed by atoms with Crippen molar-refractivity contribution >= 4 is 11.9 Å². The minimum Gasteiger partial charge on any atom is -0.481 e. The van der Waals surface area contributed by atoms with Crippen LogP contribution in [0.15, 0.2) is 0 Å². The molecule has 1 heterocycles. The maximum absolute atomic E-state index is 12.2. The van der Waals surface area contributed by atoms with Crippen LogP contribution in [0.2, 0.25) is 0 Å². The van der Waals surface area contributed by atoms with Crippen molar-refractivity contribution in [3.8, 4) is 0 Å². The Labute approximate surface area is 120 Å². The molecule has 0 spiro atoms. The van der Waals surface area contributed by atoms with Crippen molar-refractivity contribution in [2.45, 2.75) is 57.4 Å². The third-order valence-electron chi connectivity index (χ3n) is 4.54. The van der Waals surface area contributed by atoms with Gasteiger partial charge >= 0.3 is 5.97 Å². The van der Waals surface area contributed by atoms with Crippen LogP contribution in [0.5, 0.6) is 0 Å². The van der Waals surface area contributed by atoms with Gasteiger partial charge in [0.1, 0.15) is 0 Å². The zero-order valence-electron chi connectivity index (χ0n) is 12.1. The molecule has 5 nitrogen and oxygen atoms in total. The number of likely N-dealkylation sites (tertiary alicyclic amines) is 1. The second-order valence-electron chi connectivity index (χ2n) is 6.14. The van der Waals surface area contributed by atoms with Crippen LogP contribution in [-0.4, -0.2) is 47.6 Å². The van der Waals surface area contributed by atoms with Gasteiger partial charge in [0.15, 0.2) is 0 Å². The highest BCUT2D eigenvalue weighted by molar-refractivity contribution is 5.78. The number of rotatable bonds is 6. The molecular formula is C15H26N2O3. The second-order valence-corrected chi connectivity index (χ2v) is 6.14. The lowest BCUT2D eigenvalue weighted by Gasteiger charge is -2.33. The lowest BCUT2D eigenvalue weighted by atomic mass is 9.93. The standard InChI is InChI=1S/C15H26N2O3/c18-14(10-16-13-5-1-2-6-13)17-9-3-4-12(11-17)7-8-15(19)20/h12-13,16H,1-11H2,(H,19,20). The molecule has 0 aromatic rings. The van der Waals surface area contributed by atoms with Crippen molar-refractivity contribution in [2.24, 2.45) is 5.92 Å². The van der Waals surface area contributed by atoms with Crippen LogP contribution >= 0.6 is 0 Å². The monoisotopic (exact) mass is 282 g/mol. The molecule has 2 N–H and O–H groups in total. The van der Waals surface area contributed by atoms with E-state index in [0.717, 1.165) is 25.9 Å². The molecule has 1 saturated carbocycles. The van der Waals surface area contributed by atoms with E-state index < -0.39 is 5.97 Å². The number of amides is 1. The first kappa shape index (κ1) is 15.3. The molecule has 2 aliphatic rings. The number of nitrogens with zero attached hydrogens (tertiary/aromatic N) is 1. The van der Waals surface area contributed by atoms with Crippen molar-refractivity contribution in [1.29, 1.82) is 0 Å². The van der Waals surface area contributed by atoms with Gasteiger partial charge in [-0.2, -0.15) is 0 Å². The molecule has 0 radical (unpaired) electrons. The van der Waals surface area contributed by atoms with E-state index in [4.69, 9.17) is 5.11 Å². The second kappa shape index (κ2) is 7.62. The molecule has 2 fully saturated rings. The summed E-state index contributed by atoms with van der Waals surface area (Å²) in [4.78, 5) is 24.7. The quantitative estimate of drug-likeness (QED) is 0.777. The summed E-state index contributed by atoms with van der Waals surface area (Å²) in [5, 5.41) is 12.1. The highest BCUT2D eigenvalue weighted by Gasteiger charge is 2.24. The Morgan fingerprint density at radius 1 is 1.15 bits per heavy atom. The Bertz CT molecular complexity index is 340. The van der Waals surface area contributed by atoms with Gasteiger partial charge < -0.3 is 15.3 Å². The summed E-state index contributed by atoms with van der Waals surface area (Å²) in [5.41, 5.74) is 0. The van der Waals surface area contributed by atoms with Crippen LogP contribution < -0.4 is 5.32 Å². The van der Waals surface area contributed by atoms with E-state index in [1.165, 1.54) is 25.7 Å². The molecular weight excluding hydrogens is 256 g/mol. The first-order valence-corrected chi connectivity index (χ1v) is 7.88. The normalized spacial score (nSPS) is 24.0. The Morgan fingerprint density at radius 3 is 2.60 bits per heavy atom. The smallest absolute Gasteiger partial charge is 0.303 e. The molecule has 0 aromatic heterocycles. The van der Waals surface area contributed by atoms with E-state index in [9.17, 15) is 9.59 Å². The van der Waals surface area contributed by atoms with Crippen LogP contribution in [0.4, 0.5) is 0 Å². The zero-order chi connectivity index (χ0) is 14.4. The number of carbonyl (C=O) groups is 2. The summed E-state index contributed by atoms with van der Waals surface area (Å²) in [6.07, 6.45) is 7.87. The summed E-state index contributed by atoms with van der Waals surface area (Å²) in [7, 11) is 0. The van der Waals surface area contributed by atoms with Crippen molar-refractivity contribution in [2.75, 3.05) is 19.6 Å². The minimum atomic E-state index is -0.739. The summed E-state index contributed by atoms with van der Waals surface area (Å²) in [6.45, 7) is 2.00. The van der Waals surface area contributed by atoms with Gasteiger partial charge in [-0.1, -0.05) is 12.8 Å². The molecule has 0 aromatic carbocycles. The maximum atomic E-state index is 12.2. The average Bonchev–Trinajstić information content (AvgIpc) is 2.96. The Morgan fingerprint density at radius 2 is 1.90 bits per heavy atom. The third-order valence-corrected chi connectivity index (χ3v) is 4.54.